The maximum atomic E-state index is 11.5. The molecule has 0 aliphatic rings. The Hall–Kier alpha value is -1.84. The molecule has 1 aromatic carbocycles. The number of rotatable bonds is 3. The number of aldehydes is 1. The van der Waals surface area contributed by atoms with Crippen LogP contribution in [-0.4, -0.2) is 31.3 Å². The fraction of sp³-hybridized carbons (Fsp3) is 0.385. The first-order valence-electron chi connectivity index (χ1n) is 5.53. The summed E-state index contributed by atoms with van der Waals surface area (Å²) in [5, 5.41) is 2.68. The van der Waals surface area contributed by atoms with E-state index >= 15 is 0 Å². The molecule has 4 heteroatoms. The van der Waals surface area contributed by atoms with Gasteiger partial charge in [-0.2, -0.15) is 0 Å². The van der Waals surface area contributed by atoms with Gasteiger partial charge in [0.25, 0.3) is 0 Å². The topological polar surface area (TPSA) is 49.4 Å². The molecule has 1 aromatic rings. The predicted molar refractivity (Wildman–Crippen MR) is 68.6 cm³/mol. The quantitative estimate of drug-likeness (QED) is 0.817. The molecule has 0 aliphatic carbocycles. The molecule has 0 saturated carbocycles. The van der Waals surface area contributed by atoms with Crippen molar-refractivity contribution >= 4 is 18.0 Å². The van der Waals surface area contributed by atoms with E-state index in [2.05, 4.69) is 19.2 Å². The summed E-state index contributed by atoms with van der Waals surface area (Å²) in [6.45, 7) is 4.12. The summed E-state index contributed by atoms with van der Waals surface area (Å²) in [5.41, 5.74) is 2.13. The molecule has 1 rings (SSSR count). The van der Waals surface area contributed by atoms with Crippen LogP contribution in [0.1, 0.15) is 35.7 Å². The molecule has 0 saturated heterocycles. The van der Waals surface area contributed by atoms with Gasteiger partial charge >= 0.3 is 6.03 Å². The van der Waals surface area contributed by atoms with Crippen molar-refractivity contribution in [2.45, 2.75) is 19.8 Å². The highest BCUT2D eigenvalue weighted by Gasteiger charge is 2.09. The normalized spacial score (nSPS) is 10.2. The Morgan fingerprint density at radius 1 is 1.35 bits per heavy atom. The van der Waals surface area contributed by atoms with E-state index in [-0.39, 0.29) is 6.03 Å². The fourth-order valence-electron chi connectivity index (χ4n) is 1.38. The lowest BCUT2D eigenvalue weighted by molar-refractivity contribution is 0.112. The van der Waals surface area contributed by atoms with Crippen LogP contribution in [0.15, 0.2) is 18.2 Å². The van der Waals surface area contributed by atoms with Gasteiger partial charge in [-0.05, 0) is 23.6 Å². The predicted octanol–water partition coefficient (Wildman–Crippen LogP) is 2.72. The summed E-state index contributed by atoms with van der Waals surface area (Å²) in [4.78, 5) is 23.9. The molecule has 0 aliphatic heterocycles. The Labute approximate surface area is 102 Å². The van der Waals surface area contributed by atoms with Crippen molar-refractivity contribution in [3.8, 4) is 0 Å². The van der Waals surface area contributed by atoms with Crippen LogP contribution in [0, 0.1) is 0 Å². The number of anilines is 1. The molecule has 0 atom stereocenters. The minimum absolute atomic E-state index is 0.245. The largest absolute Gasteiger partial charge is 0.331 e. The van der Waals surface area contributed by atoms with Gasteiger partial charge in [0.2, 0.25) is 0 Å². The van der Waals surface area contributed by atoms with Gasteiger partial charge in [0.15, 0.2) is 6.29 Å². The number of amides is 2. The van der Waals surface area contributed by atoms with Crippen LogP contribution in [0.3, 0.4) is 0 Å². The van der Waals surface area contributed by atoms with Crippen molar-refractivity contribution in [3.63, 3.8) is 0 Å². The summed E-state index contributed by atoms with van der Waals surface area (Å²) >= 11 is 0. The van der Waals surface area contributed by atoms with Crippen molar-refractivity contribution < 1.29 is 9.59 Å². The minimum Gasteiger partial charge on any atom is -0.331 e. The van der Waals surface area contributed by atoms with E-state index in [0.29, 0.717) is 17.2 Å². The Kier molecular flexibility index (Phi) is 4.26. The first kappa shape index (κ1) is 13.2. The number of hydrogen-bond acceptors (Lipinski definition) is 2. The van der Waals surface area contributed by atoms with Crippen molar-refractivity contribution in [2.24, 2.45) is 0 Å². The highest BCUT2D eigenvalue weighted by atomic mass is 16.2. The molecule has 0 fully saturated rings. The Bertz CT molecular complexity index is 425. The SMILES string of the molecule is CC(C)c1ccc(NC(=O)N(C)C)c(C=O)c1. The monoisotopic (exact) mass is 234 g/mol. The highest BCUT2D eigenvalue weighted by Crippen LogP contribution is 2.21. The van der Waals surface area contributed by atoms with E-state index < -0.39 is 0 Å². The molecule has 0 aromatic heterocycles. The summed E-state index contributed by atoms with van der Waals surface area (Å²) in [7, 11) is 3.30. The Balaban J connectivity index is 3.01. The standard InChI is InChI=1S/C13H18N2O2/c1-9(2)10-5-6-12(11(7-10)8-16)14-13(17)15(3)4/h5-9H,1-4H3,(H,14,17). The van der Waals surface area contributed by atoms with Gasteiger partial charge in [-0.25, -0.2) is 4.79 Å². The number of carbonyl (C=O) groups excluding carboxylic acids is 2. The average Bonchev–Trinajstić information content (AvgIpc) is 2.28. The number of carbonyl (C=O) groups is 2. The second-order valence-corrected chi connectivity index (χ2v) is 4.44. The highest BCUT2D eigenvalue weighted by molar-refractivity contribution is 5.95. The van der Waals surface area contributed by atoms with Crippen LogP contribution in [0.25, 0.3) is 0 Å². The number of nitrogens with one attached hydrogen (secondary N) is 1. The molecule has 17 heavy (non-hydrogen) atoms. The molecule has 0 radical (unpaired) electrons. The summed E-state index contributed by atoms with van der Waals surface area (Å²) < 4.78 is 0. The molecule has 0 spiro atoms. The van der Waals surface area contributed by atoms with E-state index in [0.717, 1.165) is 11.8 Å². The summed E-state index contributed by atoms with van der Waals surface area (Å²) in [6, 6.07) is 5.25. The molecule has 92 valence electrons. The second kappa shape index (κ2) is 5.48. The van der Waals surface area contributed by atoms with E-state index in [1.165, 1.54) is 4.90 Å². The van der Waals surface area contributed by atoms with Crippen molar-refractivity contribution in [3.05, 3.63) is 29.3 Å². The lowest BCUT2D eigenvalue weighted by Gasteiger charge is -2.14. The summed E-state index contributed by atoms with van der Waals surface area (Å²) in [6.07, 6.45) is 0.761. The maximum Gasteiger partial charge on any atom is 0.321 e. The van der Waals surface area contributed by atoms with E-state index in [9.17, 15) is 9.59 Å². The molecule has 2 amide bonds. The maximum absolute atomic E-state index is 11.5. The lowest BCUT2D eigenvalue weighted by atomic mass is 10.0. The van der Waals surface area contributed by atoms with E-state index in [1.54, 1.807) is 20.2 Å². The van der Waals surface area contributed by atoms with E-state index in [1.807, 2.05) is 12.1 Å². The zero-order chi connectivity index (χ0) is 13.0. The van der Waals surface area contributed by atoms with Gasteiger partial charge in [-0.3, -0.25) is 4.79 Å². The molecule has 0 unspecified atom stereocenters. The van der Waals surface area contributed by atoms with Crippen LogP contribution >= 0.6 is 0 Å². The van der Waals surface area contributed by atoms with Crippen LogP contribution < -0.4 is 5.32 Å². The third kappa shape index (κ3) is 3.31. The van der Waals surface area contributed by atoms with E-state index in [4.69, 9.17) is 0 Å². The Morgan fingerprint density at radius 2 is 2.00 bits per heavy atom. The van der Waals surface area contributed by atoms with Gasteiger partial charge in [-0.15, -0.1) is 0 Å². The number of nitrogens with zero attached hydrogens (tertiary/aromatic N) is 1. The molecule has 0 heterocycles. The first-order chi connectivity index (χ1) is 7.95. The van der Waals surface area contributed by atoms with Crippen molar-refractivity contribution in [2.75, 3.05) is 19.4 Å². The number of benzene rings is 1. The molecular weight excluding hydrogens is 216 g/mol. The van der Waals surface area contributed by atoms with Gasteiger partial charge in [0.05, 0.1) is 5.69 Å². The molecule has 0 bridgehead atoms. The Morgan fingerprint density at radius 3 is 2.47 bits per heavy atom. The lowest BCUT2D eigenvalue weighted by Crippen LogP contribution is -2.27. The zero-order valence-corrected chi connectivity index (χ0v) is 10.7. The molecule has 4 nitrogen and oxygen atoms in total. The van der Waals surface area contributed by atoms with Gasteiger partial charge in [0.1, 0.15) is 0 Å². The average molecular weight is 234 g/mol. The molecule has 1 N–H and O–H groups in total. The van der Waals surface area contributed by atoms with Crippen LogP contribution in [-0.2, 0) is 0 Å². The van der Waals surface area contributed by atoms with Gasteiger partial charge in [0, 0.05) is 19.7 Å². The van der Waals surface area contributed by atoms with Crippen molar-refractivity contribution in [1.29, 1.82) is 0 Å². The minimum atomic E-state index is -0.245. The van der Waals surface area contributed by atoms with Gasteiger partial charge in [-0.1, -0.05) is 19.9 Å². The summed E-state index contributed by atoms with van der Waals surface area (Å²) in [5.74, 6) is 0.354. The zero-order valence-electron chi connectivity index (χ0n) is 10.7. The smallest absolute Gasteiger partial charge is 0.321 e. The van der Waals surface area contributed by atoms with Crippen LogP contribution in [0.5, 0.6) is 0 Å². The first-order valence-corrected chi connectivity index (χ1v) is 5.53. The van der Waals surface area contributed by atoms with Crippen LogP contribution in [0.4, 0.5) is 10.5 Å². The third-order valence-corrected chi connectivity index (χ3v) is 2.52. The number of urea groups is 1. The third-order valence-electron chi connectivity index (χ3n) is 2.52. The van der Waals surface area contributed by atoms with Crippen LogP contribution in [0.2, 0.25) is 0 Å². The van der Waals surface area contributed by atoms with Crippen molar-refractivity contribution in [1.82, 2.24) is 4.90 Å². The molecular formula is C13H18N2O2. The second-order valence-electron chi connectivity index (χ2n) is 4.44. The fourth-order valence-corrected chi connectivity index (χ4v) is 1.38. The van der Waals surface area contributed by atoms with Gasteiger partial charge < -0.3 is 10.2 Å². The number of hydrogen-bond donors (Lipinski definition) is 1.